The molecule has 0 saturated carbocycles. The van der Waals surface area contributed by atoms with Gasteiger partial charge in [-0.2, -0.15) is 0 Å². The Hall–Kier alpha value is -2.17. The Kier molecular flexibility index (Phi) is 2.96. The van der Waals surface area contributed by atoms with E-state index in [2.05, 4.69) is 5.18 Å². The summed E-state index contributed by atoms with van der Waals surface area (Å²) in [6.07, 6.45) is 2.58. The van der Waals surface area contributed by atoms with Crippen LogP contribution in [0.2, 0.25) is 0 Å². The van der Waals surface area contributed by atoms with Crippen molar-refractivity contribution in [2.24, 2.45) is 10.9 Å². The molecule has 14 heavy (non-hydrogen) atoms. The van der Waals surface area contributed by atoms with Gasteiger partial charge in [0.05, 0.1) is 0 Å². The van der Waals surface area contributed by atoms with Gasteiger partial charge in [-0.3, -0.25) is 4.79 Å². The number of amides is 1. The van der Waals surface area contributed by atoms with Crippen molar-refractivity contribution in [2.75, 3.05) is 0 Å². The molecule has 1 amide bonds. The number of nitroso groups, excluding NO2 is 1. The Balaban J connectivity index is 3.01. The zero-order valence-electron chi connectivity index (χ0n) is 7.18. The lowest BCUT2D eigenvalue weighted by Crippen LogP contribution is -2.04. The summed E-state index contributed by atoms with van der Waals surface area (Å²) in [6, 6.07) is 4.20. The van der Waals surface area contributed by atoms with E-state index in [0.717, 1.165) is 6.08 Å². The molecule has 0 heterocycles. The van der Waals surface area contributed by atoms with Crippen LogP contribution in [0.15, 0.2) is 29.5 Å². The third-order valence-electron chi connectivity index (χ3n) is 1.54. The zero-order chi connectivity index (χ0) is 10.6. The average molecular weight is 192 g/mol. The average Bonchev–Trinajstić information content (AvgIpc) is 2.16. The van der Waals surface area contributed by atoms with Gasteiger partial charge in [-0.1, -0.05) is 6.07 Å². The van der Waals surface area contributed by atoms with E-state index in [1.54, 1.807) is 0 Å². The van der Waals surface area contributed by atoms with Gasteiger partial charge in [-0.15, -0.1) is 4.91 Å². The molecule has 0 aromatic heterocycles. The van der Waals surface area contributed by atoms with E-state index in [0.29, 0.717) is 5.56 Å². The fraction of sp³-hybridized carbons (Fsp3) is 0. The van der Waals surface area contributed by atoms with Crippen molar-refractivity contribution in [3.8, 4) is 5.75 Å². The minimum Gasteiger partial charge on any atom is -0.506 e. The molecule has 0 aliphatic carbocycles. The van der Waals surface area contributed by atoms with E-state index in [4.69, 9.17) is 10.8 Å². The molecule has 0 aliphatic heterocycles. The van der Waals surface area contributed by atoms with E-state index in [9.17, 15) is 9.70 Å². The molecule has 0 fully saturated rings. The summed E-state index contributed by atoms with van der Waals surface area (Å²) >= 11 is 0. The molecular formula is C9H8N2O3. The summed E-state index contributed by atoms with van der Waals surface area (Å²) in [5.74, 6) is -0.782. The monoisotopic (exact) mass is 192 g/mol. The van der Waals surface area contributed by atoms with Crippen molar-refractivity contribution < 1.29 is 9.90 Å². The second kappa shape index (κ2) is 4.18. The van der Waals surface area contributed by atoms with Crippen molar-refractivity contribution in [3.05, 3.63) is 34.7 Å². The highest BCUT2D eigenvalue weighted by atomic mass is 16.3. The van der Waals surface area contributed by atoms with Crippen LogP contribution >= 0.6 is 0 Å². The third kappa shape index (κ3) is 2.41. The molecule has 3 N–H and O–H groups in total. The van der Waals surface area contributed by atoms with Crippen LogP contribution in [0.3, 0.4) is 0 Å². The Morgan fingerprint density at radius 3 is 2.79 bits per heavy atom. The van der Waals surface area contributed by atoms with Crippen LogP contribution in [-0.2, 0) is 4.79 Å². The normalized spacial score (nSPS) is 10.3. The van der Waals surface area contributed by atoms with E-state index < -0.39 is 5.91 Å². The Labute approximate surface area is 79.8 Å². The number of primary amides is 1. The van der Waals surface area contributed by atoms with Crippen LogP contribution in [0.1, 0.15) is 5.56 Å². The van der Waals surface area contributed by atoms with E-state index in [1.807, 2.05) is 0 Å². The fourth-order valence-electron chi connectivity index (χ4n) is 0.896. The van der Waals surface area contributed by atoms with Gasteiger partial charge >= 0.3 is 0 Å². The lowest BCUT2D eigenvalue weighted by molar-refractivity contribution is -0.113. The van der Waals surface area contributed by atoms with E-state index >= 15 is 0 Å². The molecular weight excluding hydrogens is 184 g/mol. The summed E-state index contributed by atoms with van der Waals surface area (Å²) in [5, 5.41) is 11.7. The minimum atomic E-state index is -0.585. The molecule has 0 atom stereocenters. The first-order valence-electron chi connectivity index (χ1n) is 3.77. The van der Waals surface area contributed by atoms with Crippen LogP contribution in [0.5, 0.6) is 5.75 Å². The zero-order valence-corrected chi connectivity index (χ0v) is 7.18. The largest absolute Gasteiger partial charge is 0.506 e. The second-order valence-corrected chi connectivity index (χ2v) is 2.58. The maximum Gasteiger partial charge on any atom is 0.241 e. The molecule has 0 saturated heterocycles. The van der Waals surface area contributed by atoms with Crippen molar-refractivity contribution >= 4 is 17.7 Å². The number of nitrogens with two attached hydrogens (primary N) is 1. The molecule has 0 bridgehead atoms. The number of phenols is 1. The molecule has 5 heteroatoms. The first kappa shape index (κ1) is 9.91. The molecule has 0 unspecified atom stereocenters. The van der Waals surface area contributed by atoms with Gasteiger partial charge in [0, 0.05) is 6.08 Å². The number of carbonyl (C=O) groups is 1. The standard InChI is InChI=1S/C9H8N2O3/c10-9(13)4-2-6-1-3-8(12)7(5-6)11-14/h1-5,12H,(H2,10,13)/b4-2+. The van der Waals surface area contributed by atoms with Crippen molar-refractivity contribution in [2.45, 2.75) is 0 Å². The summed E-state index contributed by atoms with van der Waals surface area (Å²) in [7, 11) is 0. The second-order valence-electron chi connectivity index (χ2n) is 2.58. The van der Waals surface area contributed by atoms with Gasteiger partial charge in [-0.05, 0) is 28.9 Å². The Morgan fingerprint density at radius 2 is 2.21 bits per heavy atom. The smallest absolute Gasteiger partial charge is 0.241 e. The van der Waals surface area contributed by atoms with Crippen molar-refractivity contribution in [1.82, 2.24) is 0 Å². The molecule has 5 nitrogen and oxygen atoms in total. The number of phenolic OH excluding ortho intramolecular Hbond substituents is 1. The fourth-order valence-corrected chi connectivity index (χ4v) is 0.896. The number of hydrogen-bond acceptors (Lipinski definition) is 4. The Morgan fingerprint density at radius 1 is 1.50 bits per heavy atom. The topological polar surface area (TPSA) is 92.8 Å². The number of rotatable bonds is 3. The van der Waals surface area contributed by atoms with E-state index in [1.165, 1.54) is 24.3 Å². The molecule has 1 aromatic carbocycles. The third-order valence-corrected chi connectivity index (χ3v) is 1.54. The molecule has 1 rings (SSSR count). The molecule has 0 aliphatic rings. The van der Waals surface area contributed by atoms with Gasteiger partial charge in [-0.25, -0.2) is 0 Å². The lowest BCUT2D eigenvalue weighted by Gasteiger charge is -1.96. The number of benzene rings is 1. The van der Waals surface area contributed by atoms with Crippen LogP contribution in [-0.4, -0.2) is 11.0 Å². The van der Waals surface area contributed by atoms with Gasteiger partial charge in [0.25, 0.3) is 0 Å². The van der Waals surface area contributed by atoms with E-state index in [-0.39, 0.29) is 11.4 Å². The molecule has 0 spiro atoms. The molecule has 0 radical (unpaired) electrons. The van der Waals surface area contributed by atoms with Crippen LogP contribution in [0.25, 0.3) is 6.08 Å². The maximum atomic E-state index is 10.4. The van der Waals surface area contributed by atoms with Gasteiger partial charge in [0.15, 0.2) is 0 Å². The lowest BCUT2D eigenvalue weighted by atomic mass is 10.2. The quantitative estimate of drug-likeness (QED) is 0.558. The highest BCUT2D eigenvalue weighted by Gasteiger charge is 2.00. The van der Waals surface area contributed by atoms with Crippen LogP contribution in [0.4, 0.5) is 5.69 Å². The summed E-state index contributed by atoms with van der Waals surface area (Å²) < 4.78 is 0. The van der Waals surface area contributed by atoms with Crippen LogP contribution < -0.4 is 5.73 Å². The van der Waals surface area contributed by atoms with Crippen molar-refractivity contribution in [3.63, 3.8) is 0 Å². The van der Waals surface area contributed by atoms with Gasteiger partial charge in [0.1, 0.15) is 11.4 Å². The molecule has 1 aromatic rings. The predicted octanol–water partition coefficient (Wildman–Crippen LogP) is 1.29. The SMILES string of the molecule is NC(=O)/C=C/c1ccc(O)c(N=O)c1. The maximum absolute atomic E-state index is 10.4. The highest BCUT2D eigenvalue weighted by Crippen LogP contribution is 2.27. The summed E-state index contributed by atoms with van der Waals surface area (Å²) in [5.41, 5.74) is 5.37. The number of hydrogen-bond donors (Lipinski definition) is 2. The van der Waals surface area contributed by atoms with Gasteiger partial charge < -0.3 is 10.8 Å². The number of aromatic hydroxyl groups is 1. The molecule has 72 valence electrons. The van der Waals surface area contributed by atoms with Crippen LogP contribution in [0, 0.1) is 4.91 Å². The van der Waals surface area contributed by atoms with Crippen molar-refractivity contribution in [1.29, 1.82) is 0 Å². The number of nitrogens with zero attached hydrogens (tertiary/aromatic N) is 1. The van der Waals surface area contributed by atoms with Gasteiger partial charge in [0.2, 0.25) is 5.91 Å². The first-order chi connectivity index (χ1) is 6.63. The predicted molar refractivity (Wildman–Crippen MR) is 51.8 cm³/mol. The number of carbonyl (C=O) groups excluding carboxylic acids is 1. The Bertz CT molecular complexity index is 399. The summed E-state index contributed by atoms with van der Waals surface area (Å²) in [4.78, 5) is 20.6. The first-order valence-corrected chi connectivity index (χ1v) is 3.77. The summed E-state index contributed by atoms with van der Waals surface area (Å²) in [6.45, 7) is 0. The minimum absolute atomic E-state index is 0.0726. The highest BCUT2D eigenvalue weighted by molar-refractivity contribution is 5.90.